The third-order valence-electron chi connectivity index (χ3n) is 4.05. The SMILES string of the molecule is O=C(O)CNC1C[C@@H](C(=O)O)N(C(=O)CNC(=O)OCc2ccccc2)C1. The molecule has 146 valence electrons. The molecule has 0 saturated carbocycles. The number of ether oxygens (including phenoxy) is 1. The third kappa shape index (κ3) is 6.26. The maximum Gasteiger partial charge on any atom is 0.407 e. The molecule has 1 aromatic carbocycles. The predicted molar refractivity (Wildman–Crippen MR) is 91.8 cm³/mol. The van der Waals surface area contributed by atoms with E-state index in [9.17, 15) is 24.3 Å². The summed E-state index contributed by atoms with van der Waals surface area (Å²) < 4.78 is 4.99. The largest absolute Gasteiger partial charge is 0.480 e. The summed E-state index contributed by atoms with van der Waals surface area (Å²) in [5.74, 6) is -2.84. The molecular weight excluding hydrogens is 358 g/mol. The minimum atomic E-state index is -1.19. The second kappa shape index (κ2) is 9.53. The molecule has 0 aliphatic carbocycles. The van der Waals surface area contributed by atoms with Crippen LogP contribution in [0.3, 0.4) is 0 Å². The smallest absolute Gasteiger partial charge is 0.407 e. The second-order valence-electron chi connectivity index (χ2n) is 6.02. The molecule has 1 heterocycles. The lowest BCUT2D eigenvalue weighted by Crippen LogP contribution is -2.46. The van der Waals surface area contributed by atoms with Crippen LogP contribution in [0.15, 0.2) is 30.3 Å². The summed E-state index contributed by atoms with van der Waals surface area (Å²) in [6.45, 7) is -0.653. The average molecular weight is 379 g/mol. The van der Waals surface area contributed by atoms with Gasteiger partial charge in [0.2, 0.25) is 5.91 Å². The first-order chi connectivity index (χ1) is 12.9. The Morgan fingerprint density at radius 3 is 2.44 bits per heavy atom. The van der Waals surface area contributed by atoms with Gasteiger partial charge in [0, 0.05) is 12.6 Å². The number of alkyl carbamates (subject to hydrolysis) is 1. The third-order valence-corrected chi connectivity index (χ3v) is 4.05. The zero-order chi connectivity index (χ0) is 19.8. The van der Waals surface area contributed by atoms with Gasteiger partial charge in [-0.1, -0.05) is 30.3 Å². The lowest BCUT2D eigenvalue weighted by molar-refractivity contribution is -0.147. The number of likely N-dealkylation sites (tertiary alicyclic amines) is 1. The van der Waals surface area contributed by atoms with E-state index in [1.165, 1.54) is 0 Å². The number of hydrogen-bond donors (Lipinski definition) is 4. The van der Waals surface area contributed by atoms with Crippen LogP contribution in [0.1, 0.15) is 12.0 Å². The number of carbonyl (C=O) groups excluding carboxylic acids is 2. The Balaban J connectivity index is 1.81. The predicted octanol–water partition coefficient (Wildman–Crippen LogP) is -0.359. The highest BCUT2D eigenvalue weighted by molar-refractivity contribution is 5.87. The van der Waals surface area contributed by atoms with Gasteiger partial charge in [0.05, 0.1) is 6.54 Å². The van der Waals surface area contributed by atoms with Gasteiger partial charge < -0.3 is 30.5 Å². The van der Waals surface area contributed by atoms with E-state index in [4.69, 9.17) is 9.84 Å². The molecule has 1 aromatic rings. The van der Waals surface area contributed by atoms with Crippen LogP contribution in [-0.2, 0) is 25.7 Å². The molecule has 1 saturated heterocycles. The minimum absolute atomic E-state index is 0.0452. The van der Waals surface area contributed by atoms with E-state index in [1.807, 2.05) is 6.07 Å². The van der Waals surface area contributed by atoms with Crippen LogP contribution in [0, 0.1) is 0 Å². The van der Waals surface area contributed by atoms with E-state index in [0.717, 1.165) is 10.5 Å². The van der Waals surface area contributed by atoms with Gasteiger partial charge in [0.15, 0.2) is 0 Å². The van der Waals surface area contributed by atoms with E-state index in [1.54, 1.807) is 24.3 Å². The van der Waals surface area contributed by atoms with Crippen LogP contribution in [-0.4, -0.2) is 70.8 Å². The molecule has 0 aromatic heterocycles. The van der Waals surface area contributed by atoms with Crippen LogP contribution < -0.4 is 10.6 Å². The van der Waals surface area contributed by atoms with E-state index in [0.29, 0.717) is 0 Å². The number of carboxylic acid groups (broad SMARTS) is 2. The van der Waals surface area contributed by atoms with Crippen molar-refractivity contribution in [2.24, 2.45) is 0 Å². The standard InChI is InChI=1S/C17H21N3O7/c21-14(7-19-17(26)27-10-11-4-2-1-3-5-11)20-9-12(18-8-15(22)23)6-13(20)16(24)25/h1-5,12-13,18H,6-10H2,(H,19,26)(H,22,23)(H,24,25)/t12?,13-/m0/s1. The summed E-state index contributed by atoms with van der Waals surface area (Å²) in [6, 6.07) is 7.47. The zero-order valence-corrected chi connectivity index (χ0v) is 14.5. The monoisotopic (exact) mass is 379 g/mol. The van der Waals surface area contributed by atoms with Gasteiger partial charge in [-0.2, -0.15) is 0 Å². The van der Waals surface area contributed by atoms with Gasteiger partial charge in [-0.3, -0.25) is 9.59 Å². The van der Waals surface area contributed by atoms with Crippen molar-refractivity contribution in [1.82, 2.24) is 15.5 Å². The molecule has 2 amide bonds. The molecule has 1 unspecified atom stereocenters. The summed E-state index contributed by atoms with van der Waals surface area (Å²) in [6.07, 6.45) is -0.703. The van der Waals surface area contributed by atoms with Crippen molar-refractivity contribution in [3.63, 3.8) is 0 Å². The van der Waals surface area contributed by atoms with E-state index in [-0.39, 0.29) is 26.1 Å². The Morgan fingerprint density at radius 1 is 1.11 bits per heavy atom. The van der Waals surface area contributed by atoms with Crippen molar-refractivity contribution >= 4 is 23.9 Å². The highest BCUT2D eigenvalue weighted by Gasteiger charge is 2.39. The summed E-state index contributed by atoms with van der Waals surface area (Å²) >= 11 is 0. The molecule has 10 nitrogen and oxygen atoms in total. The molecule has 1 fully saturated rings. The van der Waals surface area contributed by atoms with Crippen molar-refractivity contribution < 1.29 is 34.1 Å². The van der Waals surface area contributed by atoms with Crippen molar-refractivity contribution in [2.75, 3.05) is 19.6 Å². The number of nitrogens with zero attached hydrogens (tertiary/aromatic N) is 1. The van der Waals surface area contributed by atoms with Crippen molar-refractivity contribution in [2.45, 2.75) is 25.1 Å². The molecule has 1 aliphatic heterocycles. The van der Waals surface area contributed by atoms with Crippen molar-refractivity contribution in [1.29, 1.82) is 0 Å². The maximum absolute atomic E-state index is 12.3. The molecule has 0 radical (unpaired) electrons. The summed E-state index contributed by atoms with van der Waals surface area (Å²) in [4.78, 5) is 47.0. The van der Waals surface area contributed by atoms with Gasteiger partial charge in [-0.05, 0) is 12.0 Å². The van der Waals surface area contributed by atoms with Crippen LogP contribution in [0.2, 0.25) is 0 Å². The van der Waals surface area contributed by atoms with Gasteiger partial charge in [-0.15, -0.1) is 0 Å². The molecule has 4 N–H and O–H groups in total. The lowest BCUT2D eigenvalue weighted by Gasteiger charge is -2.21. The zero-order valence-electron chi connectivity index (χ0n) is 14.5. The quantitative estimate of drug-likeness (QED) is 0.479. The summed E-state index contributed by atoms with van der Waals surface area (Å²) in [7, 11) is 0. The first-order valence-electron chi connectivity index (χ1n) is 8.29. The number of aliphatic carboxylic acids is 2. The first-order valence-corrected chi connectivity index (χ1v) is 8.29. The number of nitrogens with one attached hydrogen (secondary N) is 2. The lowest BCUT2D eigenvalue weighted by atomic mass is 10.1. The Hall–Kier alpha value is -3.14. The average Bonchev–Trinajstić information content (AvgIpc) is 3.08. The summed E-state index contributed by atoms with van der Waals surface area (Å²) in [5.41, 5.74) is 0.789. The molecule has 2 rings (SSSR count). The molecule has 2 atom stereocenters. The molecule has 1 aliphatic rings. The van der Waals surface area contributed by atoms with Gasteiger partial charge >= 0.3 is 18.0 Å². The fourth-order valence-corrected chi connectivity index (χ4v) is 2.75. The fourth-order valence-electron chi connectivity index (χ4n) is 2.75. The Morgan fingerprint density at radius 2 is 1.81 bits per heavy atom. The summed E-state index contributed by atoms with van der Waals surface area (Å²) in [5, 5.41) is 22.9. The molecular formula is C17H21N3O7. The number of benzene rings is 1. The van der Waals surface area contributed by atoms with Crippen molar-refractivity contribution in [3.8, 4) is 0 Å². The number of hydrogen-bond acceptors (Lipinski definition) is 6. The topological polar surface area (TPSA) is 145 Å². The highest BCUT2D eigenvalue weighted by Crippen LogP contribution is 2.18. The maximum atomic E-state index is 12.3. The highest BCUT2D eigenvalue weighted by atomic mass is 16.5. The van der Waals surface area contributed by atoms with Gasteiger partial charge in [-0.25, -0.2) is 9.59 Å². The Kier molecular flexibility index (Phi) is 7.12. The van der Waals surface area contributed by atoms with Crippen LogP contribution >= 0.6 is 0 Å². The number of carbonyl (C=O) groups is 4. The Bertz CT molecular complexity index is 695. The van der Waals surface area contributed by atoms with Crippen LogP contribution in [0.4, 0.5) is 4.79 Å². The number of amides is 2. The molecule has 27 heavy (non-hydrogen) atoms. The molecule has 0 bridgehead atoms. The van der Waals surface area contributed by atoms with E-state index in [2.05, 4.69) is 10.6 Å². The van der Waals surface area contributed by atoms with Crippen molar-refractivity contribution in [3.05, 3.63) is 35.9 Å². The molecule has 0 spiro atoms. The van der Waals surface area contributed by atoms with E-state index >= 15 is 0 Å². The second-order valence-corrected chi connectivity index (χ2v) is 6.02. The minimum Gasteiger partial charge on any atom is -0.480 e. The number of rotatable bonds is 8. The van der Waals surface area contributed by atoms with Gasteiger partial charge in [0.1, 0.15) is 19.2 Å². The van der Waals surface area contributed by atoms with Crippen LogP contribution in [0.5, 0.6) is 0 Å². The Labute approximate surface area is 155 Å². The molecule has 10 heteroatoms. The van der Waals surface area contributed by atoms with Crippen LogP contribution in [0.25, 0.3) is 0 Å². The fraction of sp³-hybridized carbons (Fsp3) is 0.412. The normalized spacial score (nSPS) is 18.7. The number of carboxylic acids is 2. The van der Waals surface area contributed by atoms with E-state index < -0.39 is 42.6 Å². The van der Waals surface area contributed by atoms with Gasteiger partial charge in [0.25, 0.3) is 0 Å². The first kappa shape index (κ1) is 20.2.